The molecule has 0 aliphatic carbocycles. The van der Waals surface area contributed by atoms with E-state index in [0.717, 1.165) is 15.4 Å². The molecular formula is C24H24Cl2N2O4S. The molecule has 3 aromatic rings. The molecule has 0 aliphatic rings. The van der Waals surface area contributed by atoms with E-state index >= 15 is 0 Å². The van der Waals surface area contributed by atoms with Crippen LogP contribution in [0.2, 0.25) is 10.0 Å². The van der Waals surface area contributed by atoms with E-state index in [2.05, 4.69) is 5.32 Å². The van der Waals surface area contributed by atoms with E-state index in [4.69, 9.17) is 27.9 Å². The van der Waals surface area contributed by atoms with Crippen molar-refractivity contribution < 1.29 is 17.9 Å². The van der Waals surface area contributed by atoms with Crippen LogP contribution in [0, 0.1) is 0 Å². The third-order valence-electron chi connectivity index (χ3n) is 5.02. The molecule has 0 aromatic heterocycles. The summed E-state index contributed by atoms with van der Waals surface area (Å²) in [5.41, 5.74) is 1.51. The lowest BCUT2D eigenvalue weighted by atomic mass is 10.1. The lowest BCUT2D eigenvalue weighted by Gasteiger charge is -2.24. The summed E-state index contributed by atoms with van der Waals surface area (Å²) in [4.78, 5) is 12.8. The van der Waals surface area contributed by atoms with Gasteiger partial charge in [0.25, 0.3) is 0 Å². The molecule has 0 heterocycles. The number of methoxy groups -OCH3 is 1. The molecule has 3 aromatic carbocycles. The minimum Gasteiger partial charge on any atom is -0.496 e. The molecule has 0 saturated heterocycles. The van der Waals surface area contributed by atoms with Gasteiger partial charge >= 0.3 is 0 Å². The number of halogens is 2. The van der Waals surface area contributed by atoms with Gasteiger partial charge in [-0.25, -0.2) is 8.42 Å². The van der Waals surface area contributed by atoms with Crippen LogP contribution in [-0.4, -0.2) is 32.3 Å². The van der Waals surface area contributed by atoms with E-state index in [9.17, 15) is 13.2 Å². The highest BCUT2D eigenvalue weighted by molar-refractivity contribution is 7.89. The van der Waals surface area contributed by atoms with Crippen LogP contribution in [0.1, 0.15) is 24.1 Å². The monoisotopic (exact) mass is 506 g/mol. The summed E-state index contributed by atoms with van der Waals surface area (Å²) >= 11 is 12.2. The summed E-state index contributed by atoms with van der Waals surface area (Å²) < 4.78 is 33.4. The van der Waals surface area contributed by atoms with Crippen LogP contribution in [0.3, 0.4) is 0 Å². The normalized spacial score (nSPS) is 12.4. The Bertz CT molecular complexity index is 1220. The fourth-order valence-corrected chi connectivity index (χ4v) is 5.50. The topological polar surface area (TPSA) is 75.7 Å². The Kier molecular flexibility index (Phi) is 8.37. The van der Waals surface area contributed by atoms with Gasteiger partial charge in [0.1, 0.15) is 10.6 Å². The van der Waals surface area contributed by atoms with Gasteiger partial charge in [0, 0.05) is 17.1 Å². The number of para-hydroxylation sites is 1. The molecule has 174 valence electrons. The first-order chi connectivity index (χ1) is 15.7. The molecule has 1 unspecified atom stereocenters. The lowest BCUT2D eigenvalue weighted by molar-refractivity contribution is -0.122. The van der Waals surface area contributed by atoms with Crippen molar-refractivity contribution in [2.75, 3.05) is 13.7 Å². The van der Waals surface area contributed by atoms with Gasteiger partial charge in [0.05, 0.1) is 24.7 Å². The number of benzene rings is 3. The van der Waals surface area contributed by atoms with Crippen LogP contribution < -0.4 is 10.1 Å². The number of nitrogens with zero attached hydrogens (tertiary/aromatic N) is 1. The maximum Gasteiger partial charge on any atom is 0.245 e. The number of hydrogen-bond donors (Lipinski definition) is 1. The lowest BCUT2D eigenvalue weighted by Crippen LogP contribution is -2.41. The summed E-state index contributed by atoms with van der Waals surface area (Å²) in [6.45, 7) is 1.39. The van der Waals surface area contributed by atoms with E-state index in [1.807, 2.05) is 24.3 Å². The predicted octanol–water partition coefficient (Wildman–Crippen LogP) is 5.07. The Hall–Kier alpha value is -2.58. The first kappa shape index (κ1) is 25.1. The van der Waals surface area contributed by atoms with Gasteiger partial charge in [-0.15, -0.1) is 0 Å². The van der Waals surface area contributed by atoms with Gasteiger partial charge in [-0.05, 0) is 36.8 Å². The van der Waals surface area contributed by atoms with Gasteiger partial charge in [0.2, 0.25) is 15.9 Å². The maximum absolute atomic E-state index is 13.5. The maximum atomic E-state index is 13.5. The third-order valence-corrected chi connectivity index (χ3v) is 7.52. The molecule has 1 N–H and O–H groups in total. The van der Waals surface area contributed by atoms with Crippen LogP contribution in [0.5, 0.6) is 5.75 Å². The quantitative estimate of drug-likeness (QED) is 0.439. The second-order valence-electron chi connectivity index (χ2n) is 7.36. The van der Waals surface area contributed by atoms with E-state index in [1.54, 1.807) is 44.4 Å². The van der Waals surface area contributed by atoms with Crippen LogP contribution in [-0.2, 0) is 21.4 Å². The number of hydrogen-bond acceptors (Lipinski definition) is 4. The van der Waals surface area contributed by atoms with Gasteiger partial charge < -0.3 is 10.1 Å². The van der Waals surface area contributed by atoms with Gasteiger partial charge in [-0.1, -0.05) is 71.7 Å². The smallest absolute Gasteiger partial charge is 0.245 e. The standard InChI is InChI=1S/C24H24Cl2N2O4S/c1-17(20-10-6-7-11-22(20)32-2)27-24(29)16-28(15-18-8-4-3-5-9-18)33(30,31)23-14-19(25)12-13-21(23)26/h3-14,17H,15-16H2,1-2H3,(H,27,29). The zero-order valence-corrected chi connectivity index (χ0v) is 20.5. The summed E-state index contributed by atoms with van der Waals surface area (Å²) in [5, 5.41) is 3.11. The first-order valence-electron chi connectivity index (χ1n) is 10.1. The highest BCUT2D eigenvalue weighted by Gasteiger charge is 2.29. The Morgan fingerprint density at radius 1 is 1.03 bits per heavy atom. The number of sulfonamides is 1. The van der Waals surface area contributed by atoms with Crippen molar-refractivity contribution in [3.63, 3.8) is 0 Å². The largest absolute Gasteiger partial charge is 0.496 e. The number of carbonyl (C=O) groups excluding carboxylic acids is 1. The molecular weight excluding hydrogens is 483 g/mol. The predicted molar refractivity (Wildman–Crippen MR) is 130 cm³/mol. The molecule has 3 rings (SSSR count). The molecule has 0 spiro atoms. The zero-order chi connectivity index (χ0) is 24.0. The van der Waals surface area contributed by atoms with E-state index in [-0.39, 0.29) is 21.5 Å². The van der Waals surface area contributed by atoms with Crippen molar-refractivity contribution in [1.82, 2.24) is 9.62 Å². The molecule has 0 saturated carbocycles. The first-order valence-corrected chi connectivity index (χ1v) is 12.3. The molecule has 0 fully saturated rings. The molecule has 0 aliphatic heterocycles. The number of rotatable bonds is 9. The molecule has 0 radical (unpaired) electrons. The fourth-order valence-electron chi connectivity index (χ4n) is 3.38. The number of amides is 1. The van der Waals surface area contributed by atoms with Gasteiger partial charge in [-0.3, -0.25) is 4.79 Å². The Morgan fingerprint density at radius 2 is 1.70 bits per heavy atom. The summed E-state index contributed by atoms with van der Waals surface area (Å²) in [6.07, 6.45) is 0. The second kappa shape index (κ2) is 11.0. The molecule has 1 amide bonds. The van der Waals surface area contributed by atoms with Gasteiger partial charge in [-0.2, -0.15) is 4.31 Å². The van der Waals surface area contributed by atoms with Crippen LogP contribution in [0.25, 0.3) is 0 Å². The van der Waals surface area contributed by atoms with Crippen molar-refractivity contribution in [1.29, 1.82) is 0 Å². The Morgan fingerprint density at radius 3 is 2.39 bits per heavy atom. The summed E-state index contributed by atoms with van der Waals surface area (Å²) in [6, 6.07) is 20.1. The fraction of sp³-hybridized carbons (Fsp3) is 0.208. The highest BCUT2D eigenvalue weighted by Crippen LogP contribution is 2.29. The Labute approximate surface area is 204 Å². The summed E-state index contributed by atoms with van der Waals surface area (Å²) in [7, 11) is -2.58. The molecule has 0 bridgehead atoms. The second-order valence-corrected chi connectivity index (χ2v) is 10.1. The molecule has 33 heavy (non-hydrogen) atoms. The minimum absolute atomic E-state index is 0.0114. The Balaban J connectivity index is 1.88. The SMILES string of the molecule is COc1ccccc1C(C)NC(=O)CN(Cc1ccccc1)S(=O)(=O)c1cc(Cl)ccc1Cl. The average Bonchev–Trinajstić information content (AvgIpc) is 2.80. The van der Waals surface area contributed by atoms with Crippen molar-refractivity contribution in [2.45, 2.75) is 24.4 Å². The molecule has 6 nitrogen and oxygen atoms in total. The van der Waals surface area contributed by atoms with Crippen LogP contribution >= 0.6 is 23.2 Å². The average molecular weight is 507 g/mol. The van der Waals surface area contributed by atoms with Crippen molar-refractivity contribution in [3.8, 4) is 5.75 Å². The number of carbonyl (C=O) groups is 1. The van der Waals surface area contributed by atoms with Crippen molar-refractivity contribution >= 4 is 39.1 Å². The molecule has 9 heteroatoms. The van der Waals surface area contributed by atoms with Crippen molar-refractivity contribution in [3.05, 3.63) is 94.0 Å². The van der Waals surface area contributed by atoms with Crippen molar-refractivity contribution in [2.24, 2.45) is 0 Å². The highest BCUT2D eigenvalue weighted by atomic mass is 35.5. The van der Waals surface area contributed by atoms with Gasteiger partial charge in [0.15, 0.2) is 0 Å². The van der Waals surface area contributed by atoms with E-state index < -0.39 is 28.5 Å². The third kappa shape index (κ3) is 6.26. The number of nitrogens with one attached hydrogen (secondary N) is 1. The minimum atomic E-state index is -4.13. The molecule has 1 atom stereocenters. The van der Waals surface area contributed by atoms with E-state index in [1.165, 1.54) is 18.2 Å². The van der Waals surface area contributed by atoms with Crippen LogP contribution in [0.4, 0.5) is 0 Å². The number of ether oxygens (including phenoxy) is 1. The zero-order valence-electron chi connectivity index (χ0n) is 18.2. The van der Waals surface area contributed by atoms with Crippen LogP contribution in [0.15, 0.2) is 77.7 Å². The summed E-state index contributed by atoms with van der Waals surface area (Å²) in [5.74, 6) is 0.163. The van der Waals surface area contributed by atoms with E-state index in [0.29, 0.717) is 5.75 Å².